The highest BCUT2D eigenvalue weighted by atomic mass is 35.6. The van der Waals surface area contributed by atoms with E-state index in [1.807, 2.05) is 0 Å². The van der Waals surface area contributed by atoms with Gasteiger partial charge < -0.3 is 28.8 Å². The van der Waals surface area contributed by atoms with Crippen molar-refractivity contribution in [2.45, 2.75) is 138 Å². The van der Waals surface area contributed by atoms with Crippen molar-refractivity contribution in [1.29, 1.82) is 0 Å². The topological polar surface area (TPSA) is 64.6 Å². The van der Waals surface area contributed by atoms with Crippen molar-refractivity contribution in [3.63, 3.8) is 0 Å². The largest absolute Gasteiger partial charge is 0.437 e. The Kier molecular flexibility index (Phi) is 14.9. The maximum absolute atomic E-state index is 7.21. The lowest BCUT2D eigenvalue weighted by atomic mass is 10.3. The summed E-state index contributed by atoms with van der Waals surface area (Å²) in [5.41, 5.74) is 0. The molecule has 0 radical (unpaired) electrons. The molecule has 7 nitrogen and oxygen atoms in total. The second-order valence-corrected chi connectivity index (χ2v) is 46.7. The second kappa shape index (κ2) is 14.2. The van der Waals surface area contributed by atoms with Crippen molar-refractivity contribution < 1.29 is 28.8 Å². The highest BCUT2D eigenvalue weighted by Crippen LogP contribution is 2.35. The molecule has 0 N–H and O–H groups in total. The molecule has 0 atom stereocenters. The fourth-order valence-electron chi connectivity index (χ4n) is 5.65. The van der Waals surface area contributed by atoms with Gasteiger partial charge in [-0.15, -0.1) is 11.1 Å². The van der Waals surface area contributed by atoms with Gasteiger partial charge >= 0.3 is 51.4 Å². The molecule has 0 saturated carbocycles. The van der Waals surface area contributed by atoms with E-state index in [9.17, 15) is 0 Å². The minimum Gasteiger partial charge on any atom is -0.437 e. The van der Waals surface area contributed by atoms with Crippen LogP contribution in [0.3, 0.4) is 0 Å². The predicted octanol–water partition coefficient (Wildman–Crippen LogP) is 9.14. The lowest BCUT2D eigenvalue weighted by Gasteiger charge is -2.44. The fraction of sp³-hybridized carbons (Fsp3) is 1.00. The molecule has 0 rings (SSSR count). The van der Waals surface area contributed by atoms with Crippen LogP contribution in [0, 0.1) is 11.8 Å². The van der Waals surface area contributed by atoms with Crippen LogP contribution < -0.4 is 0 Å². The van der Waals surface area contributed by atoms with Crippen molar-refractivity contribution in [1.82, 2.24) is 0 Å². The van der Waals surface area contributed by atoms with E-state index in [2.05, 4.69) is 126 Å². The third-order valence-electron chi connectivity index (χ3n) is 4.86. The van der Waals surface area contributed by atoms with Gasteiger partial charge in [-0.05, 0) is 122 Å². The molecule has 0 aliphatic rings. The Morgan fingerprint density at radius 1 is 0.385 bits per heavy atom. The fourth-order valence-corrected chi connectivity index (χ4v) is 48.8. The highest BCUT2D eigenvalue weighted by molar-refractivity contribution is 7.19. The highest BCUT2D eigenvalue weighted by Gasteiger charge is 2.50. The van der Waals surface area contributed by atoms with E-state index in [0.29, 0.717) is 11.8 Å². The Balaban J connectivity index is 5.48. The molecule has 0 aliphatic heterocycles. The van der Waals surface area contributed by atoms with E-state index >= 15 is 0 Å². The second-order valence-electron chi connectivity index (χ2n) is 15.3. The Morgan fingerprint density at radius 3 is 0.795 bits per heavy atom. The van der Waals surface area contributed by atoms with Gasteiger partial charge in [-0.25, -0.2) is 0 Å². The third kappa shape index (κ3) is 19.6. The number of hydrogen-bond acceptors (Lipinski definition) is 7. The molecule has 0 aliphatic carbocycles. The summed E-state index contributed by atoms with van der Waals surface area (Å²) in [5.74, 6) is 0.969. The van der Waals surface area contributed by atoms with Gasteiger partial charge in [0.2, 0.25) is 0 Å². The van der Waals surface area contributed by atoms with Crippen molar-refractivity contribution in [3.8, 4) is 0 Å². The molecule has 0 fully saturated rings. The zero-order valence-electron chi connectivity index (χ0n) is 28.8. The summed E-state index contributed by atoms with van der Waals surface area (Å²) in [6.45, 7) is 40.5. The first-order valence-electron chi connectivity index (χ1n) is 14.4. The van der Waals surface area contributed by atoms with Gasteiger partial charge in [0.05, 0.1) is 0 Å². The first-order chi connectivity index (χ1) is 16.8. The van der Waals surface area contributed by atoms with Crippen LogP contribution in [-0.2, 0) is 28.8 Å². The van der Waals surface area contributed by atoms with Gasteiger partial charge in [0, 0.05) is 0 Å². The SMILES string of the molecule is CC(C)C[Si](Cl)(CC(C)C)O[Si](C)(C)O[Si](C)(C)O[Si](C)(C)O[Si](C)(C)O[Si](C)(C)O[Si](C)(C)O[Si](C)(C)C. The van der Waals surface area contributed by atoms with E-state index < -0.39 is 67.3 Å². The van der Waals surface area contributed by atoms with Gasteiger partial charge in [0.15, 0.2) is 8.32 Å². The number of hydrogen-bond donors (Lipinski definition) is 0. The zero-order valence-corrected chi connectivity index (χ0v) is 37.6. The predicted molar refractivity (Wildman–Crippen MR) is 187 cm³/mol. The van der Waals surface area contributed by atoms with Gasteiger partial charge in [-0.2, -0.15) is 0 Å². The molecule has 0 aromatic rings. The van der Waals surface area contributed by atoms with Crippen LogP contribution in [0.4, 0.5) is 0 Å². The smallest absolute Gasteiger partial charge is 0.314 e. The number of halogens is 1. The molecule has 16 heteroatoms. The molecule has 0 bridgehead atoms. The summed E-state index contributed by atoms with van der Waals surface area (Å²) in [7, 11) is -19.3. The molecule has 0 unspecified atom stereocenters. The van der Waals surface area contributed by atoms with Crippen LogP contribution in [0.5, 0.6) is 0 Å². The Labute approximate surface area is 255 Å². The van der Waals surface area contributed by atoms with Crippen LogP contribution in [0.1, 0.15) is 27.7 Å². The van der Waals surface area contributed by atoms with E-state index in [1.54, 1.807) is 0 Å². The molecular formula is C23H63ClO7Si8. The maximum atomic E-state index is 7.21. The normalized spacial score (nSPS) is 15.5. The van der Waals surface area contributed by atoms with Crippen LogP contribution in [0.25, 0.3) is 0 Å². The molecule has 0 aromatic carbocycles. The monoisotopic (exact) mass is 710 g/mol. The van der Waals surface area contributed by atoms with Crippen molar-refractivity contribution in [2.24, 2.45) is 11.8 Å². The molecular weight excluding hydrogens is 648 g/mol. The molecule has 0 aromatic heterocycles. The van der Waals surface area contributed by atoms with Gasteiger partial charge in [-0.3, -0.25) is 0 Å². The molecule has 0 spiro atoms. The van der Waals surface area contributed by atoms with Crippen molar-refractivity contribution in [3.05, 3.63) is 0 Å². The van der Waals surface area contributed by atoms with Crippen molar-refractivity contribution in [2.75, 3.05) is 0 Å². The third-order valence-corrected chi connectivity index (χ3v) is 36.8. The van der Waals surface area contributed by atoms with Crippen LogP contribution >= 0.6 is 11.1 Å². The lowest BCUT2D eigenvalue weighted by molar-refractivity contribution is 0.265. The summed E-state index contributed by atoms with van der Waals surface area (Å²) in [4.78, 5) is 0. The molecule has 0 saturated heterocycles. The first kappa shape index (κ1) is 40.7. The van der Waals surface area contributed by atoms with Crippen LogP contribution in [0.2, 0.25) is 110 Å². The van der Waals surface area contributed by atoms with E-state index in [1.165, 1.54) is 0 Å². The zero-order chi connectivity index (χ0) is 31.5. The Bertz CT molecular complexity index is 762. The van der Waals surface area contributed by atoms with Gasteiger partial charge in [0.1, 0.15) is 0 Å². The minimum absolute atomic E-state index is 0.485. The minimum atomic E-state index is -2.61. The molecule has 39 heavy (non-hydrogen) atoms. The van der Waals surface area contributed by atoms with E-state index in [0.717, 1.165) is 12.1 Å². The van der Waals surface area contributed by atoms with Gasteiger partial charge in [0.25, 0.3) is 7.63 Å². The van der Waals surface area contributed by atoms with Crippen molar-refractivity contribution >= 4 is 78.4 Å². The maximum Gasteiger partial charge on any atom is 0.314 e. The Hall–Kier alpha value is 1.75. The van der Waals surface area contributed by atoms with Crippen LogP contribution in [-0.4, -0.2) is 67.3 Å². The molecule has 0 heterocycles. The molecule has 0 amide bonds. The average molecular weight is 712 g/mol. The summed E-state index contributed by atoms with van der Waals surface area (Å²) < 4.78 is 46.6. The standard InChI is InChI=1S/C23H63ClO7Si8/c1-22(2)20-39(24,21-23(3)4)31-38(18,19)30-37(16,17)29-36(14,15)28-35(12,13)27-34(10,11)26-33(8,9)25-32(5,6)7/h22-23H,20-21H2,1-19H3. The summed E-state index contributed by atoms with van der Waals surface area (Å²) >= 11 is 7.21. The summed E-state index contributed by atoms with van der Waals surface area (Å²) in [6.07, 6.45) is 0. The summed E-state index contributed by atoms with van der Waals surface area (Å²) in [6, 6.07) is 1.83. The summed E-state index contributed by atoms with van der Waals surface area (Å²) in [5, 5.41) is 0. The number of rotatable bonds is 18. The van der Waals surface area contributed by atoms with E-state index in [4.69, 9.17) is 39.9 Å². The molecule has 236 valence electrons. The van der Waals surface area contributed by atoms with Gasteiger partial charge in [-0.1, -0.05) is 27.7 Å². The lowest BCUT2D eigenvalue weighted by Crippen LogP contribution is -2.61. The van der Waals surface area contributed by atoms with Crippen LogP contribution in [0.15, 0.2) is 0 Å². The quantitative estimate of drug-likeness (QED) is 0.104. The first-order valence-corrected chi connectivity index (χ1v) is 38.0. The average Bonchev–Trinajstić information content (AvgIpc) is 2.40. The Morgan fingerprint density at radius 2 is 0.590 bits per heavy atom. The van der Waals surface area contributed by atoms with E-state index in [-0.39, 0.29) is 0 Å².